The highest BCUT2D eigenvalue weighted by Crippen LogP contribution is 2.33. The zero-order chi connectivity index (χ0) is 22.7. The number of carboxylic acid groups (broad SMARTS) is 1. The zero-order valence-corrected chi connectivity index (χ0v) is 17.9. The Kier molecular flexibility index (Phi) is 6.08. The van der Waals surface area contributed by atoms with E-state index >= 15 is 0 Å². The Morgan fingerprint density at radius 2 is 1.62 bits per heavy atom. The summed E-state index contributed by atoms with van der Waals surface area (Å²) in [6.45, 7) is 2.46. The van der Waals surface area contributed by atoms with Gasteiger partial charge in [-0.05, 0) is 52.4 Å². The number of hydrogen-bond donors (Lipinski definition) is 2. The van der Waals surface area contributed by atoms with E-state index in [0.29, 0.717) is 18.5 Å². The standard InChI is InChI=1S/C27H25NO4/c1-2-3-8-19-15-20(29)16-26(30)28(19)17-18-13-14-24(22-10-5-4-9-21(18)22)23-11-6-7-12-25(23)27(31)32/h4-7,9-16,29H,2-3,8,17H2,1H3,(H,31,32). The van der Waals surface area contributed by atoms with Crippen LogP contribution in [0.2, 0.25) is 0 Å². The molecule has 1 aromatic heterocycles. The van der Waals surface area contributed by atoms with Crippen molar-refractivity contribution in [1.29, 1.82) is 0 Å². The SMILES string of the molecule is CCCCc1cc(O)cc(=O)n1Cc1ccc(-c2ccccc2C(=O)O)c2ccccc12. The van der Waals surface area contributed by atoms with Crippen molar-refractivity contribution in [2.75, 3.05) is 0 Å². The highest BCUT2D eigenvalue weighted by Gasteiger charge is 2.15. The summed E-state index contributed by atoms with van der Waals surface area (Å²) in [4.78, 5) is 24.5. The number of pyridine rings is 1. The molecule has 0 aliphatic carbocycles. The van der Waals surface area contributed by atoms with Gasteiger partial charge < -0.3 is 14.8 Å². The van der Waals surface area contributed by atoms with E-state index in [9.17, 15) is 19.8 Å². The monoisotopic (exact) mass is 427 g/mol. The summed E-state index contributed by atoms with van der Waals surface area (Å²) >= 11 is 0. The van der Waals surface area contributed by atoms with Crippen LogP contribution in [-0.2, 0) is 13.0 Å². The fourth-order valence-electron chi connectivity index (χ4n) is 4.19. The van der Waals surface area contributed by atoms with Gasteiger partial charge in [-0.25, -0.2) is 4.79 Å². The number of benzene rings is 3. The summed E-state index contributed by atoms with van der Waals surface area (Å²) in [5.41, 5.74) is 3.28. The van der Waals surface area contributed by atoms with Crippen LogP contribution in [-0.4, -0.2) is 20.7 Å². The second-order valence-corrected chi connectivity index (χ2v) is 7.90. The fourth-order valence-corrected chi connectivity index (χ4v) is 4.19. The second-order valence-electron chi connectivity index (χ2n) is 7.90. The van der Waals surface area contributed by atoms with Crippen LogP contribution in [0, 0.1) is 0 Å². The molecule has 3 aromatic carbocycles. The van der Waals surface area contributed by atoms with Gasteiger partial charge in [0.25, 0.3) is 5.56 Å². The fraction of sp³-hybridized carbons (Fsp3) is 0.185. The van der Waals surface area contributed by atoms with Gasteiger partial charge in [-0.3, -0.25) is 4.79 Å². The molecular weight excluding hydrogens is 402 g/mol. The molecular formula is C27H25NO4. The van der Waals surface area contributed by atoms with E-state index in [2.05, 4.69) is 6.92 Å². The lowest BCUT2D eigenvalue weighted by Crippen LogP contribution is -2.23. The number of hydrogen-bond acceptors (Lipinski definition) is 3. The third kappa shape index (κ3) is 4.14. The van der Waals surface area contributed by atoms with Crippen molar-refractivity contribution in [1.82, 2.24) is 4.57 Å². The van der Waals surface area contributed by atoms with E-state index in [-0.39, 0.29) is 16.9 Å². The molecule has 0 aliphatic rings. The van der Waals surface area contributed by atoms with Crippen molar-refractivity contribution >= 4 is 16.7 Å². The number of aromatic carboxylic acids is 1. The molecule has 0 saturated heterocycles. The molecule has 5 heteroatoms. The summed E-state index contributed by atoms with van der Waals surface area (Å²) < 4.78 is 1.71. The molecule has 4 aromatic rings. The average molecular weight is 428 g/mol. The lowest BCUT2D eigenvalue weighted by molar-refractivity contribution is 0.0697. The Morgan fingerprint density at radius 3 is 2.38 bits per heavy atom. The van der Waals surface area contributed by atoms with Crippen LogP contribution in [0.15, 0.2) is 77.6 Å². The Bertz CT molecular complexity index is 1350. The molecule has 32 heavy (non-hydrogen) atoms. The maximum absolute atomic E-state index is 12.7. The number of carboxylic acids is 1. The number of carbonyl (C=O) groups is 1. The van der Waals surface area contributed by atoms with E-state index < -0.39 is 5.97 Å². The van der Waals surface area contributed by atoms with Gasteiger partial charge in [-0.1, -0.05) is 67.9 Å². The highest BCUT2D eigenvalue weighted by atomic mass is 16.4. The summed E-state index contributed by atoms with van der Waals surface area (Å²) in [6, 6.07) is 21.6. The van der Waals surface area contributed by atoms with Gasteiger partial charge in [0.15, 0.2) is 0 Å². The topological polar surface area (TPSA) is 79.5 Å². The van der Waals surface area contributed by atoms with E-state index in [1.54, 1.807) is 22.8 Å². The van der Waals surface area contributed by atoms with Gasteiger partial charge in [-0.2, -0.15) is 0 Å². The van der Waals surface area contributed by atoms with Crippen molar-refractivity contribution in [3.05, 3.63) is 100.0 Å². The molecule has 0 spiro atoms. The largest absolute Gasteiger partial charge is 0.508 e. The maximum Gasteiger partial charge on any atom is 0.336 e. The Hall–Kier alpha value is -3.86. The molecule has 0 fully saturated rings. The van der Waals surface area contributed by atoms with Crippen LogP contribution in [0.5, 0.6) is 5.75 Å². The number of nitrogens with zero attached hydrogens (tertiary/aromatic N) is 1. The van der Waals surface area contributed by atoms with Gasteiger partial charge in [0.1, 0.15) is 5.75 Å². The molecule has 4 rings (SSSR count). The number of fused-ring (bicyclic) bond motifs is 1. The lowest BCUT2D eigenvalue weighted by Gasteiger charge is -2.17. The van der Waals surface area contributed by atoms with E-state index in [1.807, 2.05) is 48.5 Å². The summed E-state index contributed by atoms with van der Waals surface area (Å²) in [7, 11) is 0. The predicted molar refractivity (Wildman–Crippen MR) is 126 cm³/mol. The van der Waals surface area contributed by atoms with Gasteiger partial charge in [-0.15, -0.1) is 0 Å². The first kappa shape index (κ1) is 21.4. The summed E-state index contributed by atoms with van der Waals surface area (Å²) in [5, 5.41) is 21.5. The Morgan fingerprint density at radius 1 is 0.906 bits per heavy atom. The minimum absolute atomic E-state index is 0.0113. The molecule has 0 atom stereocenters. The van der Waals surface area contributed by atoms with Gasteiger partial charge in [0.05, 0.1) is 12.1 Å². The first-order chi connectivity index (χ1) is 15.5. The first-order valence-corrected chi connectivity index (χ1v) is 10.8. The van der Waals surface area contributed by atoms with Gasteiger partial charge in [0, 0.05) is 11.8 Å². The van der Waals surface area contributed by atoms with Crippen molar-refractivity contribution in [3.63, 3.8) is 0 Å². The molecule has 0 radical (unpaired) electrons. The van der Waals surface area contributed by atoms with E-state index in [4.69, 9.17) is 0 Å². The van der Waals surface area contributed by atoms with Crippen molar-refractivity contribution < 1.29 is 15.0 Å². The molecule has 5 nitrogen and oxygen atoms in total. The normalized spacial score (nSPS) is 11.0. The minimum atomic E-state index is -0.968. The van der Waals surface area contributed by atoms with Crippen LogP contribution >= 0.6 is 0 Å². The molecule has 0 amide bonds. The third-order valence-electron chi connectivity index (χ3n) is 5.78. The molecule has 2 N–H and O–H groups in total. The zero-order valence-electron chi connectivity index (χ0n) is 17.9. The maximum atomic E-state index is 12.7. The highest BCUT2D eigenvalue weighted by molar-refractivity contribution is 6.04. The Balaban J connectivity index is 1.86. The smallest absolute Gasteiger partial charge is 0.336 e. The minimum Gasteiger partial charge on any atom is -0.508 e. The quantitative estimate of drug-likeness (QED) is 0.410. The summed E-state index contributed by atoms with van der Waals surface area (Å²) in [6.07, 6.45) is 2.63. The number of aryl methyl sites for hydroxylation is 1. The van der Waals surface area contributed by atoms with Gasteiger partial charge >= 0.3 is 5.97 Å². The van der Waals surface area contributed by atoms with Gasteiger partial charge in [0.2, 0.25) is 0 Å². The number of rotatable bonds is 7. The average Bonchev–Trinajstić information content (AvgIpc) is 2.79. The van der Waals surface area contributed by atoms with Crippen molar-refractivity contribution in [3.8, 4) is 16.9 Å². The van der Waals surface area contributed by atoms with Crippen molar-refractivity contribution in [2.24, 2.45) is 0 Å². The number of aromatic nitrogens is 1. The second kappa shape index (κ2) is 9.10. The molecule has 0 aliphatic heterocycles. The van der Waals surface area contributed by atoms with Crippen LogP contribution in [0.4, 0.5) is 0 Å². The van der Waals surface area contributed by atoms with E-state index in [1.165, 1.54) is 6.07 Å². The Labute approximate surface area is 186 Å². The van der Waals surface area contributed by atoms with Crippen LogP contribution < -0.4 is 5.56 Å². The third-order valence-corrected chi connectivity index (χ3v) is 5.78. The number of unbranched alkanes of at least 4 members (excludes halogenated alkanes) is 1. The molecule has 162 valence electrons. The predicted octanol–water partition coefficient (Wildman–Crippen LogP) is 5.46. The molecule has 0 bridgehead atoms. The van der Waals surface area contributed by atoms with Crippen LogP contribution in [0.1, 0.15) is 41.4 Å². The summed E-state index contributed by atoms with van der Waals surface area (Å²) in [5.74, 6) is -0.979. The molecule has 1 heterocycles. The van der Waals surface area contributed by atoms with E-state index in [0.717, 1.165) is 40.4 Å². The van der Waals surface area contributed by atoms with Crippen LogP contribution in [0.25, 0.3) is 21.9 Å². The first-order valence-electron chi connectivity index (χ1n) is 10.8. The molecule has 0 saturated carbocycles. The lowest BCUT2D eigenvalue weighted by atomic mass is 9.92. The van der Waals surface area contributed by atoms with Crippen LogP contribution in [0.3, 0.4) is 0 Å². The number of aromatic hydroxyl groups is 1. The van der Waals surface area contributed by atoms with Crippen molar-refractivity contribution in [2.45, 2.75) is 32.7 Å². The molecule has 0 unspecified atom stereocenters.